The molecule has 2 heterocycles. The maximum Gasteiger partial charge on any atom is 0.289 e. The van der Waals surface area contributed by atoms with E-state index in [9.17, 15) is 4.79 Å². The lowest BCUT2D eigenvalue weighted by atomic mass is 9.95. The molecule has 19 heavy (non-hydrogen) atoms. The zero-order valence-corrected chi connectivity index (χ0v) is 12.8. The number of nitrogens with two attached hydrogens (primary N) is 1. The molecule has 1 aromatic rings. The minimum atomic E-state index is -0.162. The van der Waals surface area contributed by atoms with Crippen molar-refractivity contribution in [2.24, 2.45) is 5.73 Å². The summed E-state index contributed by atoms with van der Waals surface area (Å²) in [7, 11) is 0. The number of carbonyl (C=O) groups is 1. The number of furan rings is 1. The Kier molecular flexibility index (Phi) is 4.20. The molecule has 0 radical (unpaired) electrons. The van der Waals surface area contributed by atoms with Crippen LogP contribution in [0.3, 0.4) is 0 Å². The van der Waals surface area contributed by atoms with Gasteiger partial charge in [0.1, 0.15) is 0 Å². The second kappa shape index (κ2) is 5.54. The quantitative estimate of drug-likeness (QED) is 0.867. The van der Waals surface area contributed by atoms with Gasteiger partial charge in [-0.25, -0.2) is 0 Å². The van der Waals surface area contributed by atoms with Gasteiger partial charge in [-0.05, 0) is 32.1 Å². The first kappa shape index (κ1) is 14.4. The molecule has 2 rings (SSSR count). The summed E-state index contributed by atoms with van der Waals surface area (Å²) in [5.41, 5.74) is 6.72. The predicted molar refractivity (Wildman–Crippen MR) is 81.6 cm³/mol. The minimum Gasteiger partial charge on any atom is -0.459 e. The molecule has 0 unspecified atom stereocenters. The highest BCUT2D eigenvalue weighted by atomic mass is 32.2. The van der Waals surface area contributed by atoms with Gasteiger partial charge in [0.05, 0.1) is 16.0 Å². The van der Waals surface area contributed by atoms with E-state index in [1.807, 2.05) is 18.1 Å². The summed E-state index contributed by atoms with van der Waals surface area (Å²) in [5.74, 6) is 0.395. The predicted octanol–water partition coefficient (Wildman–Crippen LogP) is 2.21. The molecule has 0 bridgehead atoms. The number of hydrogen-bond donors (Lipinski definition) is 1. The molecule has 0 aliphatic carbocycles. The lowest BCUT2D eigenvalue weighted by molar-refractivity contribution is 0.0685. The van der Waals surface area contributed by atoms with E-state index in [1.54, 1.807) is 24.1 Å². The van der Waals surface area contributed by atoms with Crippen LogP contribution in [0.2, 0.25) is 0 Å². The fourth-order valence-electron chi connectivity index (χ4n) is 2.36. The fourth-order valence-corrected chi connectivity index (χ4v) is 3.60. The molecule has 104 valence electrons. The van der Waals surface area contributed by atoms with E-state index in [0.717, 1.165) is 18.4 Å². The molecule has 4 nitrogen and oxygen atoms in total. The monoisotopic (exact) mass is 298 g/mol. The van der Waals surface area contributed by atoms with Gasteiger partial charge in [-0.2, -0.15) is 11.8 Å². The molecule has 0 atom stereocenters. The van der Waals surface area contributed by atoms with E-state index >= 15 is 0 Å². The van der Waals surface area contributed by atoms with Crippen LogP contribution in [0.15, 0.2) is 16.7 Å². The number of hydrogen-bond acceptors (Lipinski definition) is 4. The number of thiocarbonyl (C=S) groups is 1. The zero-order chi connectivity index (χ0) is 14.0. The van der Waals surface area contributed by atoms with Crippen molar-refractivity contribution >= 4 is 34.9 Å². The standard InChI is InChI=1S/C13H18N2O2S2/c1-9-3-8-17-10(9)11(16)15-6-4-13(19-2,5-7-15)12(14)18/h3,8H,4-7H2,1-2H3,(H2,14,18). The summed E-state index contributed by atoms with van der Waals surface area (Å²) in [6.45, 7) is 3.20. The van der Waals surface area contributed by atoms with Crippen LogP contribution in [0.1, 0.15) is 29.0 Å². The first-order valence-corrected chi connectivity index (χ1v) is 7.82. The Hall–Kier alpha value is -1.01. The average Bonchev–Trinajstić information content (AvgIpc) is 2.84. The normalized spacial score (nSPS) is 18.3. The Balaban J connectivity index is 2.06. The number of likely N-dealkylation sites (tertiary alicyclic amines) is 1. The van der Waals surface area contributed by atoms with Crippen LogP contribution >= 0.6 is 24.0 Å². The molecule has 1 fully saturated rings. The molecule has 6 heteroatoms. The SMILES string of the molecule is CSC1(C(N)=S)CCN(C(=O)c2occc2C)CC1. The molecule has 0 saturated carbocycles. The third-order valence-electron chi connectivity index (χ3n) is 3.75. The van der Waals surface area contributed by atoms with Crippen LogP contribution in [-0.2, 0) is 0 Å². The number of carbonyl (C=O) groups excluding carboxylic acids is 1. The molecule has 2 N–H and O–H groups in total. The van der Waals surface area contributed by atoms with Crippen LogP contribution in [0.4, 0.5) is 0 Å². The number of thioether (sulfide) groups is 1. The third-order valence-corrected chi connectivity index (χ3v) is 5.68. The van der Waals surface area contributed by atoms with E-state index in [1.165, 1.54) is 0 Å². The van der Waals surface area contributed by atoms with E-state index in [0.29, 0.717) is 23.8 Å². The Morgan fingerprint density at radius 1 is 1.53 bits per heavy atom. The molecule has 0 spiro atoms. The number of nitrogens with zero attached hydrogens (tertiary/aromatic N) is 1. The van der Waals surface area contributed by atoms with Gasteiger partial charge in [-0.15, -0.1) is 0 Å². The van der Waals surface area contributed by atoms with Gasteiger partial charge in [0.2, 0.25) is 0 Å². The number of piperidine rings is 1. The summed E-state index contributed by atoms with van der Waals surface area (Å²) < 4.78 is 5.10. The fraction of sp³-hybridized carbons (Fsp3) is 0.538. The van der Waals surface area contributed by atoms with Crippen LogP contribution in [0.25, 0.3) is 0 Å². The van der Waals surface area contributed by atoms with E-state index < -0.39 is 0 Å². The van der Waals surface area contributed by atoms with Gasteiger partial charge in [-0.1, -0.05) is 12.2 Å². The molecular weight excluding hydrogens is 280 g/mol. The largest absolute Gasteiger partial charge is 0.459 e. The van der Waals surface area contributed by atoms with E-state index in [4.69, 9.17) is 22.4 Å². The summed E-state index contributed by atoms with van der Waals surface area (Å²) in [4.78, 5) is 14.7. The van der Waals surface area contributed by atoms with Crippen molar-refractivity contribution in [3.8, 4) is 0 Å². The first-order chi connectivity index (χ1) is 9.00. The molecule has 1 aliphatic heterocycles. The van der Waals surface area contributed by atoms with Gasteiger partial charge in [0.15, 0.2) is 5.76 Å². The van der Waals surface area contributed by atoms with Crippen molar-refractivity contribution in [1.29, 1.82) is 0 Å². The molecule has 0 aromatic carbocycles. The van der Waals surface area contributed by atoms with Crippen molar-refractivity contribution in [2.45, 2.75) is 24.5 Å². The van der Waals surface area contributed by atoms with Crippen LogP contribution in [-0.4, -0.2) is 39.9 Å². The van der Waals surface area contributed by atoms with Gasteiger partial charge in [0.25, 0.3) is 5.91 Å². The smallest absolute Gasteiger partial charge is 0.289 e. The summed E-state index contributed by atoms with van der Waals surface area (Å²) in [5, 5.41) is 0. The number of rotatable bonds is 3. The van der Waals surface area contributed by atoms with Crippen molar-refractivity contribution < 1.29 is 9.21 Å². The molecule has 1 saturated heterocycles. The molecule has 1 aliphatic rings. The summed E-state index contributed by atoms with van der Waals surface area (Å²) >= 11 is 6.85. The summed E-state index contributed by atoms with van der Waals surface area (Å²) in [6, 6.07) is 1.80. The number of amides is 1. The van der Waals surface area contributed by atoms with Gasteiger partial charge in [0, 0.05) is 18.7 Å². The zero-order valence-electron chi connectivity index (χ0n) is 11.1. The highest BCUT2D eigenvalue weighted by Gasteiger charge is 2.38. The minimum absolute atomic E-state index is 0.0415. The topological polar surface area (TPSA) is 59.5 Å². The Morgan fingerprint density at radius 3 is 2.58 bits per heavy atom. The van der Waals surface area contributed by atoms with Crippen LogP contribution < -0.4 is 5.73 Å². The Labute approximate surface area is 122 Å². The second-order valence-electron chi connectivity index (χ2n) is 4.79. The molecule has 1 aromatic heterocycles. The Bertz CT molecular complexity index is 491. The van der Waals surface area contributed by atoms with Crippen molar-refractivity contribution in [1.82, 2.24) is 4.90 Å². The summed E-state index contributed by atoms with van der Waals surface area (Å²) in [6.07, 6.45) is 5.17. The molecular formula is C13H18N2O2S2. The van der Waals surface area contributed by atoms with Crippen molar-refractivity contribution in [2.75, 3.05) is 19.3 Å². The number of aryl methyl sites for hydroxylation is 1. The van der Waals surface area contributed by atoms with Crippen LogP contribution in [0.5, 0.6) is 0 Å². The highest BCUT2D eigenvalue weighted by Crippen LogP contribution is 2.35. The molecule has 1 amide bonds. The first-order valence-electron chi connectivity index (χ1n) is 6.18. The van der Waals surface area contributed by atoms with Gasteiger partial charge >= 0.3 is 0 Å². The highest BCUT2D eigenvalue weighted by molar-refractivity contribution is 8.02. The van der Waals surface area contributed by atoms with Crippen LogP contribution in [0, 0.1) is 6.92 Å². The third kappa shape index (κ3) is 2.65. The van der Waals surface area contributed by atoms with Crippen molar-refractivity contribution in [3.63, 3.8) is 0 Å². The lowest BCUT2D eigenvalue weighted by Gasteiger charge is -2.39. The second-order valence-corrected chi connectivity index (χ2v) is 6.42. The average molecular weight is 298 g/mol. The maximum atomic E-state index is 12.3. The Morgan fingerprint density at radius 2 is 2.16 bits per heavy atom. The van der Waals surface area contributed by atoms with Gasteiger partial charge in [-0.3, -0.25) is 4.79 Å². The maximum absolute atomic E-state index is 12.3. The van der Waals surface area contributed by atoms with E-state index in [2.05, 4.69) is 0 Å². The van der Waals surface area contributed by atoms with Crippen molar-refractivity contribution in [3.05, 3.63) is 23.7 Å². The van der Waals surface area contributed by atoms with E-state index in [-0.39, 0.29) is 10.7 Å². The lowest BCUT2D eigenvalue weighted by Crippen LogP contribution is -2.50. The van der Waals surface area contributed by atoms with Gasteiger partial charge < -0.3 is 15.1 Å².